The van der Waals surface area contributed by atoms with E-state index in [0.29, 0.717) is 13.1 Å². The first-order chi connectivity index (χ1) is 10.2. The Kier molecular flexibility index (Phi) is 4.65. The van der Waals surface area contributed by atoms with Crippen LogP contribution in [0.5, 0.6) is 0 Å². The maximum absolute atomic E-state index is 13.3. The van der Waals surface area contributed by atoms with Crippen molar-refractivity contribution in [2.75, 3.05) is 32.1 Å². The summed E-state index contributed by atoms with van der Waals surface area (Å²) >= 11 is 0. The minimum absolute atomic E-state index is 0.0593. The van der Waals surface area contributed by atoms with Gasteiger partial charge in [0.1, 0.15) is 0 Å². The quantitative estimate of drug-likeness (QED) is 0.931. The van der Waals surface area contributed by atoms with Crippen LogP contribution in [0.4, 0.5) is 18.9 Å². The summed E-state index contributed by atoms with van der Waals surface area (Å²) in [5.41, 5.74) is -1.17. The molecule has 2 rings (SSSR count). The van der Waals surface area contributed by atoms with E-state index in [9.17, 15) is 18.0 Å². The Morgan fingerprint density at radius 1 is 1.36 bits per heavy atom. The van der Waals surface area contributed by atoms with Crippen molar-refractivity contribution < 1.29 is 23.1 Å². The Balaban J connectivity index is 2.39. The van der Waals surface area contributed by atoms with Gasteiger partial charge in [-0.25, -0.2) is 4.79 Å². The summed E-state index contributed by atoms with van der Waals surface area (Å²) in [5.74, 6) is -1.36. The van der Waals surface area contributed by atoms with Gasteiger partial charge in [-0.15, -0.1) is 0 Å². The van der Waals surface area contributed by atoms with E-state index >= 15 is 0 Å². The number of hydrogen-bond donors (Lipinski definition) is 1. The van der Waals surface area contributed by atoms with Crippen LogP contribution < -0.4 is 4.90 Å². The zero-order valence-corrected chi connectivity index (χ0v) is 12.5. The molecule has 1 aliphatic heterocycles. The fraction of sp³-hybridized carbons (Fsp3) is 0.533. The van der Waals surface area contributed by atoms with E-state index in [1.807, 2.05) is 19.0 Å². The molecule has 4 nitrogen and oxygen atoms in total. The number of rotatable bonds is 3. The van der Waals surface area contributed by atoms with E-state index in [1.165, 1.54) is 12.1 Å². The monoisotopic (exact) mass is 316 g/mol. The highest BCUT2D eigenvalue weighted by Gasteiger charge is 2.36. The number of alkyl halides is 3. The van der Waals surface area contributed by atoms with Crippen molar-refractivity contribution in [2.24, 2.45) is 0 Å². The van der Waals surface area contributed by atoms with Crippen LogP contribution in [0.15, 0.2) is 18.2 Å². The number of aromatic carboxylic acids is 1. The summed E-state index contributed by atoms with van der Waals surface area (Å²) in [4.78, 5) is 14.6. The maximum Gasteiger partial charge on any atom is 0.418 e. The molecular weight excluding hydrogens is 297 g/mol. The third kappa shape index (κ3) is 3.52. The van der Waals surface area contributed by atoms with Crippen LogP contribution in [0, 0.1) is 0 Å². The molecule has 0 aliphatic carbocycles. The molecule has 1 atom stereocenters. The maximum atomic E-state index is 13.3. The molecule has 0 amide bonds. The molecule has 0 unspecified atom stereocenters. The SMILES string of the molecule is CN(C)[C@H]1CCCN(c2ccc(C(=O)O)cc2C(F)(F)F)C1. The topological polar surface area (TPSA) is 43.8 Å². The third-order valence-corrected chi connectivity index (χ3v) is 4.02. The summed E-state index contributed by atoms with van der Waals surface area (Å²) < 4.78 is 39.8. The number of carbonyl (C=O) groups is 1. The van der Waals surface area contributed by atoms with Gasteiger partial charge in [-0.3, -0.25) is 0 Å². The zero-order valence-electron chi connectivity index (χ0n) is 12.5. The molecule has 122 valence electrons. The standard InChI is InChI=1S/C15H19F3N2O2/c1-19(2)11-4-3-7-20(9-11)13-6-5-10(14(21)22)8-12(13)15(16,17)18/h5-6,8,11H,3-4,7,9H2,1-2H3,(H,21,22)/t11-/m0/s1. The van der Waals surface area contributed by atoms with E-state index < -0.39 is 17.7 Å². The molecule has 1 N–H and O–H groups in total. The normalized spacial score (nSPS) is 19.5. The molecule has 1 aromatic carbocycles. The fourth-order valence-electron chi connectivity index (χ4n) is 2.77. The van der Waals surface area contributed by atoms with Gasteiger partial charge in [-0.2, -0.15) is 13.2 Å². The first-order valence-corrected chi connectivity index (χ1v) is 7.06. The summed E-state index contributed by atoms with van der Waals surface area (Å²) in [7, 11) is 3.82. The van der Waals surface area contributed by atoms with Gasteiger partial charge in [0.15, 0.2) is 0 Å². The van der Waals surface area contributed by atoms with E-state index in [-0.39, 0.29) is 17.3 Å². The second-order valence-corrected chi connectivity index (χ2v) is 5.74. The second-order valence-electron chi connectivity index (χ2n) is 5.74. The van der Waals surface area contributed by atoms with E-state index in [4.69, 9.17) is 5.11 Å². The lowest BCUT2D eigenvalue weighted by Gasteiger charge is -2.38. The first kappa shape index (κ1) is 16.6. The highest BCUT2D eigenvalue weighted by molar-refractivity contribution is 5.88. The van der Waals surface area contributed by atoms with Crippen LogP contribution >= 0.6 is 0 Å². The highest BCUT2D eigenvalue weighted by Crippen LogP contribution is 2.38. The molecule has 0 saturated carbocycles. The molecule has 0 aromatic heterocycles. The number of carboxylic acid groups (broad SMARTS) is 1. The molecule has 1 aliphatic rings. The van der Waals surface area contributed by atoms with Crippen LogP contribution in [0.2, 0.25) is 0 Å². The predicted octanol–water partition coefficient (Wildman–Crippen LogP) is 2.93. The lowest BCUT2D eigenvalue weighted by atomic mass is 10.0. The van der Waals surface area contributed by atoms with Crippen molar-refractivity contribution in [3.05, 3.63) is 29.3 Å². The van der Waals surface area contributed by atoms with Gasteiger partial charge < -0.3 is 14.9 Å². The smallest absolute Gasteiger partial charge is 0.418 e. The Morgan fingerprint density at radius 2 is 2.05 bits per heavy atom. The number of carboxylic acids is 1. The van der Waals surface area contributed by atoms with Crippen molar-refractivity contribution >= 4 is 11.7 Å². The molecule has 1 fully saturated rings. The molecule has 0 bridgehead atoms. The largest absolute Gasteiger partial charge is 0.478 e. The van der Waals surface area contributed by atoms with Crippen molar-refractivity contribution in [3.8, 4) is 0 Å². The lowest BCUT2D eigenvalue weighted by Crippen LogP contribution is -2.45. The van der Waals surface area contributed by atoms with Crippen LogP contribution in [0.25, 0.3) is 0 Å². The van der Waals surface area contributed by atoms with Crippen LogP contribution in [0.1, 0.15) is 28.8 Å². The van der Waals surface area contributed by atoms with Crippen LogP contribution in [-0.4, -0.2) is 49.2 Å². The Bertz CT molecular complexity index is 558. The average molecular weight is 316 g/mol. The summed E-state index contributed by atoms with van der Waals surface area (Å²) in [6, 6.07) is 3.40. The summed E-state index contributed by atoms with van der Waals surface area (Å²) in [6.07, 6.45) is -2.83. The molecule has 1 heterocycles. The zero-order chi connectivity index (χ0) is 16.5. The number of likely N-dealkylation sites (N-methyl/N-ethyl adjacent to an activating group) is 1. The summed E-state index contributed by atoms with van der Waals surface area (Å²) in [6.45, 7) is 1.04. The van der Waals surface area contributed by atoms with Gasteiger partial charge in [0.2, 0.25) is 0 Å². The number of benzene rings is 1. The number of hydrogen-bond acceptors (Lipinski definition) is 3. The third-order valence-electron chi connectivity index (χ3n) is 4.02. The fourth-order valence-corrected chi connectivity index (χ4v) is 2.77. The molecule has 0 radical (unpaired) electrons. The highest BCUT2D eigenvalue weighted by atomic mass is 19.4. The minimum Gasteiger partial charge on any atom is -0.478 e. The molecule has 0 spiro atoms. The van der Waals surface area contributed by atoms with Gasteiger partial charge in [-0.05, 0) is 45.1 Å². The summed E-state index contributed by atoms with van der Waals surface area (Å²) in [5, 5.41) is 8.90. The number of nitrogens with zero attached hydrogens (tertiary/aromatic N) is 2. The van der Waals surface area contributed by atoms with Crippen molar-refractivity contribution in [2.45, 2.75) is 25.1 Å². The molecule has 1 aromatic rings. The Hall–Kier alpha value is -1.76. The van der Waals surface area contributed by atoms with Gasteiger partial charge in [0.25, 0.3) is 0 Å². The molecule has 1 saturated heterocycles. The molecular formula is C15H19F3N2O2. The van der Waals surface area contributed by atoms with Gasteiger partial charge in [-0.1, -0.05) is 0 Å². The Labute approximate surface area is 127 Å². The van der Waals surface area contributed by atoms with E-state index in [0.717, 1.165) is 18.9 Å². The van der Waals surface area contributed by atoms with E-state index in [1.54, 1.807) is 4.90 Å². The Morgan fingerprint density at radius 3 is 2.59 bits per heavy atom. The second kappa shape index (κ2) is 6.16. The predicted molar refractivity (Wildman–Crippen MR) is 77.3 cm³/mol. The lowest BCUT2D eigenvalue weighted by molar-refractivity contribution is -0.137. The van der Waals surface area contributed by atoms with Crippen molar-refractivity contribution in [3.63, 3.8) is 0 Å². The van der Waals surface area contributed by atoms with Crippen LogP contribution in [0.3, 0.4) is 0 Å². The van der Waals surface area contributed by atoms with Gasteiger partial charge in [0.05, 0.1) is 11.1 Å². The van der Waals surface area contributed by atoms with Crippen LogP contribution in [-0.2, 0) is 6.18 Å². The molecule has 7 heteroatoms. The van der Waals surface area contributed by atoms with Crippen molar-refractivity contribution in [1.82, 2.24) is 4.90 Å². The van der Waals surface area contributed by atoms with Crippen molar-refractivity contribution in [1.29, 1.82) is 0 Å². The number of anilines is 1. The number of halogens is 3. The minimum atomic E-state index is -4.58. The van der Waals surface area contributed by atoms with Gasteiger partial charge >= 0.3 is 12.1 Å². The number of piperidine rings is 1. The average Bonchev–Trinajstić information content (AvgIpc) is 2.45. The van der Waals surface area contributed by atoms with Gasteiger partial charge in [0, 0.05) is 24.8 Å². The van der Waals surface area contributed by atoms with E-state index in [2.05, 4.69) is 0 Å². The molecule has 22 heavy (non-hydrogen) atoms. The first-order valence-electron chi connectivity index (χ1n) is 7.06.